The molecule has 4 nitrogen and oxygen atoms in total. The first-order valence-electron chi connectivity index (χ1n) is 6.32. The molecule has 1 aromatic carbocycles. The molecule has 1 rings (SSSR count). The van der Waals surface area contributed by atoms with Crippen LogP contribution in [0.25, 0.3) is 0 Å². The summed E-state index contributed by atoms with van der Waals surface area (Å²) in [6, 6.07) is 7.70. The number of benzene rings is 1. The standard InChI is InChI=1S/C14H22N2O2/c1-10(2)16-13-7-5-4-6-12(13)14(18)15-9-8-11(3)17/h4-7,10-11,16-17H,8-9H2,1-3H3,(H,15,18). The fourth-order valence-corrected chi connectivity index (χ4v) is 1.61. The Kier molecular flexibility index (Phi) is 5.65. The molecule has 1 unspecified atom stereocenters. The van der Waals surface area contributed by atoms with Gasteiger partial charge in [-0.3, -0.25) is 4.79 Å². The molecule has 1 aromatic rings. The smallest absolute Gasteiger partial charge is 0.253 e. The Balaban J connectivity index is 2.66. The third kappa shape index (κ3) is 4.75. The van der Waals surface area contributed by atoms with Crippen LogP contribution in [0, 0.1) is 0 Å². The third-order valence-corrected chi connectivity index (χ3v) is 2.46. The molecule has 1 atom stereocenters. The van der Waals surface area contributed by atoms with Gasteiger partial charge in [-0.25, -0.2) is 0 Å². The lowest BCUT2D eigenvalue weighted by atomic mass is 10.1. The van der Waals surface area contributed by atoms with E-state index in [9.17, 15) is 4.79 Å². The van der Waals surface area contributed by atoms with E-state index in [0.29, 0.717) is 18.5 Å². The van der Waals surface area contributed by atoms with E-state index in [1.54, 1.807) is 13.0 Å². The molecule has 3 N–H and O–H groups in total. The number of anilines is 1. The molecule has 0 aliphatic carbocycles. The highest BCUT2D eigenvalue weighted by Gasteiger charge is 2.11. The van der Waals surface area contributed by atoms with E-state index in [2.05, 4.69) is 10.6 Å². The minimum Gasteiger partial charge on any atom is -0.393 e. The first-order valence-corrected chi connectivity index (χ1v) is 6.32. The van der Waals surface area contributed by atoms with Crippen molar-refractivity contribution in [2.75, 3.05) is 11.9 Å². The van der Waals surface area contributed by atoms with Crippen molar-refractivity contribution in [3.8, 4) is 0 Å². The first-order chi connectivity index (χ1) is 8.50. The summed E-state index contributed by atoms with van der Waals surface area (Å²) in [5, 5.41) is 15.2. The highest BCUT2D eigenvalue weighted by molar-refractivity contribution is 5.99. The van der Waals surface area contributed by atoms with Gasteiger partial charge in [-0.15, -0.1) is 0 Å². The predicted octanol–water partition coefficient (Wildman–Crippen LogP) is 2.01. The summed E-state index contributed by atoms with van der Waals surface area (Å²) in [5.41, 5.74) is 1.47. The third-order valence-electron chi connectivity index (χ3n) is 2.46. The SMILES string of the molecule is CC(O)CCNC(=O)c1ccccc1NC(C)C. The summed E-state index contributed by atoms with van der Waals surface area (Å²) in [5.74, 6) is -0.112. The zero-order valence-corrected chi connectivity index (χ0v) is 11.2. The minimum absolute atomic E-state index is 0.112. The number of para-hydroxylation sites is 1. The molecular weight excluding hydrogens is 228 g/mol. The second kappa shape index (κ2) is 7.01. The second-order valence-corrected chi connectivity index (χ2v) is 4.74. The van der Waals surface area contributed by atoms with Crippen LogP contribution in [0.3, 0.4) is 0 Å². The Morgan fingerprint density at radius 3 is 2.56 bits per heavy atom. The Labute approximate surface area is 108 Å². The number of aliphatic hydroxyl groups is 1. The maximum absolute atomic E-state index is 12.0. The zero-order chi connectivity index (χ0) is 13.5. The molecule has 0 aromatic heterocycles. The molecule has 0 spiro atoms. The van der Waals surface area contributed by atoms with E-state index < -0.39 is 6.10 Å². The van der Waals surface area contributed by atoms with Crippen LogP contribution < -0.4 is 10.6 Å². The number of carbonyl (C=O) groups excluding carboxylic acids is 1. The highest BCUT2D eigenvalue weighted by atomic mass is 16.3. The fraction of sp³-hybridized carbons (Fsp3) is 0.500. The average Bonchev–Trinajstić information content (AvgIpc) is 2.28. The van der Waals surface area contributed by atoms with Gasteiger partial charge in [0.15, 0.2) is 0 Å². The van der Waals surface area contributed by atoms with E-state index >= 15 is 0 Å². The fourth-order valence-electron chi connectivity index (χ4n) is 1.61. The van der Waals surface area contributed by atoms with Gasteiger partial charge in [-0.05, 0) is 39.3 Å². The molecule has 0 aliphatic rings. The van der Waals surface area contributed by atoms with Crippen molar-refractivity contribution in [2.45, 2.75) is 39.3 Å². The Morgan fingerprint density at radius 1 is 1.28 bits per heavy atom. The maximum Gasteiger partial charge on any atom is 0.253 e. The number of hydrogen-bond donors (Lipinski definition) is 3. The number of nitrogens with one attached hydrogen (secondary N) is 2. The number of carbonyl (C=O) groups is 1. The van der Waals surface area contributed by atoms with Gasteiger partial charge in [0.1, 0.15) is 0 Å². The van der Waals surface area contributed by atoms with Gasteiger partial charge in [-0.2, -0.15) is 0 Å². The predicted molar refractivity (Wildman–Crippen MR) is 73.8 cm³/mol. The summed E-state index contributed by atoms with van der Waals surface area (Å²) in [6.45, 7) is 6.25. The van der Waals surface area contributed by atoms with Gasteiger partial charge in [0, 0.05) is 18.3 Å². The largest absolute Gasteiger partial charge is 0.393 e. The van der Waals surface area contributed by atoms with E-state index in [-0.39, 0.29) is 11.9 Å². The summed E-state index contributed by atoms with van der Waals surface area (Å²) in [6.07, 6.45) is 0.167. The maximum atomic E-state index is 12.0. The van der Waals surface area contributed by atoms with E-state index in [1.807, 2.05) is 32.0 Å². The van der Waals surface area contributed by atoms with Crippen molar-refractivity contribution < 1.29 is 9.90 Å². The lowest BCUT2D eigenvalue weighted by Gasteiger charge is -2.14. The molecule has 4 heteroatoms. The van der Waals surface area contributed by atoms with Crippen molar-refractivity contribution in [3.63, 3.8) is 0 Å². The van der Waals surface area contributed by atoms with Crippen LogP contribution in [0.2, 0.25) is 0 Å². The van der Waals surface area contributed by atoms with Crippen molar-refractivity contribution in [3.05, 3.63) is 29.8 Å². The van der Waals surface area contributed by atoms with Crippen LogP contribution in [0.1, 0.15) is 37.6 Å². The van der Waals surface area contributed by atoms with Crippen LogP contribution in [0.15, 0.2) is 24.3 Å². The number of aliphatic hydroxyl groups excluding tert-OH is 1. The van der Waals surface area contributed by atoms with Gasteiger partial charge in [0.25, 0.3) is 5.91 Å². The monoisotopic (exact) mass is 250 g/mol. The van der Waals surface area contributed by atoms with Gasteiger partial charge in [0.2, 0.25) is 0 Å². The lowest BCUT2D eigenvalue weighted by molar-refractivity contribution is 0.0946. The van der Waals surface area contributed by atoms with E-state index in [4.69, 9.17) is 5.11 Å². The van der Waals surface area contributed by atoms with Crippen molar-refractivity contribution in [2.24, 2.45) is 0 Å². The minimum atomic E-state index is -0.394. The Morgan fingerprint density at radius 2 is 1.94 bits per heavy atom. The second-order valence-electron chi connectivity index (χ2n) is 4.74. The van der Waals surface area contributed by atoms with Crippen molar-refractivity contribution in [1.29, 1.82) is 0 Å². The molecule has 100 valence electrons. The average molecular weight is 250 g/mol. The highest BCUT2D eigenvalue weighted by Crippen LogP contribution is 2.15. The van der Waals surface area contributed by atoms with E-state index in [1.165, 1.54) is 0 Å². The molecular formula is C14H22N2O2. The quantitative estimate of drug-likeness (QED) is 0.723. The lowest BCUT2D eigenvalue weighted by Crippen LogP contribution is -2.27. The zero-order valence-electron chi connectivity index (χ0n) is 11.2. The van der Waals surface area contributed by atoms with Gasteiger partial charge >= 0.3 is 0 Å². The number of hydrogen-bond acceptors (Lipinski definition) is 3. The van der Waals surface area contributed by atoms with Crippen LogP contribution in [0.4, 0.5) is 5.69 Å². The number of amides is 1. The molecule has 0 aliphatic heterocycles. The van der Waals surface area contributed by atoms with Crippen LogP contribution in [-0.2, 0) is 0 Å². The van der Waals surface area contributed by atoms with Crippen molar-refractivity contribution in [1.82, 2.24) is 5.32 Å². The Hall–Kier alpha value is -1.55. The molecule has 0 bridgehead atoms. The van der Waals surface area contributed by atoms with Crippen molar-refractivity contribution >= 4 is 11.6 Å². The van der Waals surface area contributed by atoms with Gasteiger partial charge < -0.3 is 15.7 Å². The summed E-state index contributed by atoms with van der Waals surface area (Å²) in [7, 11) is 0. The number of rotatable bonds is 6. The molecule has 0 radical (unpaired) electrons. The normalized spacial score (nSPS) is 12.3. The van der Waals surface area contributed by atoms with Crippen LogP contribution >= 0.6 is 0 Å². The first kappa shape index (κ1) is 14.5. The molecule has 18 heavy (non-hydrogen) atoms. The van der Waals surface area contributed by atoms with Crippen LogP contribution in [0.5, 0.6) is 0 Å². The summed E-state index contributed by atoms with van der Waals surface area (Å²) < 4.78 is 0. The van der Waals surface area contributed by atoms with E-state index in [0.717, 1.165) is 5.69 Å². The molecule has 0 saturated heterocycles. The van der Waals surface area contributed by atoms with Gasteiger partial charge in [0.05, 0.1) is 11.7 Å². The molecule has 0 fully saturated rings. The summed E-state index contributed by atoms with van der Waals surface area (Å²) in [4.78, 5) is 12.0. The topological polar surface area (TPSA) is 61.4 Å². The van der Waals surface area contributed by atoms with Gasteiger partial charge in [-0.1, -0.05) is 12.1 Å². The summed E-state index contributed by atoms with van der Waals surface area (Å²) >= 11 is 0. The van der Waals surface area contributed by atoms with Crippen LogP contribution in [-0.4, -0.2) is 29.7 Å². The molecule has 0 saturated carbocycles. The Bertz CT molecular complexity index is 389. The molecule has 0 heterocycles. The molecule has 1 amide bonds.